The van der Waals surface area contributed by atoms with Crippen LogP contribution in [-0.2, 0) is 26.0 Å². The van der Waals surface area contributed by atoms with E-state index < -0.39 is 15.9 Å². The van der Waals surface area contributed by atoms with Gasteiger partial charge in [0.15, 0.2) is 5.69 Å². The van der Waals surface area contributed by atoms with Crippen molar-refractivity contribution in [2.75, 3.05) is 26.3 Å². The van der Waals surface area contributed by atoms with Gasteiger partial charge in [0.25, 0.3) is 5.91 Å². The summed E-state index contributed by atoms with van der Waals surface area (Å²) in [5, 5.41) is 18.6. The lowest BCUT2D eigenvalue weighted by atomic mass is 10.1. The molecule has 1 aromatic heterocycles. The van der Waals surface area contributed by atoms with E-state index in [0.29, 0.717) is 38.1 Å². The van der Waals surface area contributed by atoms with Crippen LogP contribution in [0.5, 0.6) is 5.88 Å². The van der Waals surface area contributed by atoms with Gasteiger partial charge in [0.05, 0.1) is 23.6 Å². The zero-order chi connectivity index (χ0) is 23.6. The molecule has 1 amide bonds. The Morgan fingerprint density at radius 1 is 1.12 bits per heavy atom. The minimum atomic E-state index is -3.55. The number of H-pyrrole nitrogens is 1. The van der Waals surface area contributed by atoms with Crippen molar-refractivity contribution in [2.45, 2.75) is 31.6 Å². The maximum Gasteiger partial charge on any atom is 0.265 e. The van der Waals surface area contributed by atoms with Crippen LogP contribution >= 0.6 is 0 Å². The molecule has 2 aromatic carbocycles. The lowest BCUT2D eigenvalue weighted by Crippen LogP contribution is -2.40. The first-order chi connectivity index (χ1) is 15.8. The molecule has 0 bridgehead atoms. The van der Waals surface area contributed by atoms with Crippen molar-refractivity contribution in [3.63, 3.8) is 0 Å². The molecule has 2 N–H and O–H groups in total. The van der Waals surface area contributed by atoms with Gasteiger partial charge in [-0.2, -0.15) is 4.31 Å². The Morgan fingerprint density at radius 3 is 2.52 bits per heavy atom. The molecule has 0 radical (unpaired) electrons. The number of nitrogens with one attached hydrogen (secondary N) is 1. The number of fused-ring (bicyclic) bond motifs is 1. The second-order valence-electron chi connectivity index (χ2n) is 8.01. The number of morpholine rings is 1. The molecule has 0 atom stereocenters. The molecular formula is C23H26N4O5S. The topological polar surface area (TPSA) is 124 Å². The third kappa shape index (κ3) is 4.82. The summed E-state index contributed by atoms with van der Waals surface area (Å²) in [5.41, 5.74) is 3.89. The third-order valence-electron chi connectivity index (χ3n) is 5.88. The fraction of sp³-hybridized carbons (Fsp3) is 0.348. The third-order valence-corrected chi connectivity index (χ3v) is 7.79. The SMILES string of the molecule is Cc1ccc2c(N=NC(=O)CCc3ccc(S(=O)(=O)N4CCOCC4)cc3)c(O)[nH]c2c1C. The molecule has 0 spiro atoms. The van der Waals surface area contributed by atoms with Gasteiger partial charge >= 0.3 is 0 Å². The highest BCUT2D eigenvalue weighted by atomic mass is 32.2. The Balaban J connectivity index is 1.39. The second-order valence-corrected chi connectivity index (χ2v) is 9.94. The maximum atomic E-state index is 12.7. The average Bonchev–Trinajstić information content (AvgIpc) is 3.15. The lowest BCUT2D eigenvalue weighted by Gasteiger charge is -2.26. The number of rotatable bonds is 6. The van der Waals surface area contributed by atoms with Crippen molar-refractivity contribution in [1.29, 1.82) is 0 Å². The molecule has 1 fully saturated rings. The number of ether oxygens (including phenoxy) is 1. The summed E-state index contributed by atoms with van der Waals surface area (Å²) in [6, 6.07) is 10.3. The summed E-state index contributed by atoms with van der Waals surface area (Å²) in [5.74, 6) is -0.565. The first-order valence-corrected chi connectivity index (χ1v) is 12.1. The lowest BCUT2D eigenvalue weighted by molar-refractivity contribution is -0.118. The molecular weight excluding hydrogens is 444 g/mol. The molecule has 1 aliphatic heterocycles. The molecule has 1 saturated heterocycles. The van der Waals surface area contributed by atoms with Crippen LogP contribution in [0.25, 0.3) is 10.9 Å². The van der Waals surface area contributed by atoms with Crippen molar-refractivity contribution in [2.24, 2.45) is 10.2 Å². The maximum absolute atomic E-state index is 12.7. The zero-order valence-electron chi connectivity index (χ0n) is 18.5. The minimum Gasteiger partial charge on any atom is -0.493 e. The number of amides is 1. The van der Waals surface area contributed by atoms with E-state index in [9.17, 15) is 18.3 Å². The van der Waals surface area contributed by atoms with E-state index in [2.05, 4.69) is 15.2 Å². The van der Waals surface area contributed by atoms with Crippen molar-refractivity contribution in [3.8, 4) is 5.88 Å². The number of carbonyl (C=O) groups is 1. The molecule has 3 aromatic rings. The van der Waals surface area contributed by atoms with Gasteiger partial charge in [0, 0.05) is 24.9 Å². The molecule has 9 nitrogen and oxygen atoms in total. The number of sulfonamides is 1. The van der Waals surface area contributed by atoms with Gasteiger partial charge in [-0.1, -0.05) is 24.3 Å². The molecule has 174 valence electrons. The Labute approximate surface area is 192 Å². The number of aromatic hydroxyl groups is 1. The number of benzene rings is 2. The molecule has 4 rings (SSSR count). The van der Waals surface area contributed by atoms with Crippen LogP contribution in [0.3, 0.4) is 0 Å². The summed E-state index contributed by atoms with van der Waals surface area (Å²) >= 11 is 0. The predicted octanol–water partition coefficient (Wildman–Crippen LogP) is 3.75. The molecule has 33 heavy (non-hydrogen) atoms. The highest BCUT2D eigenvalue weighted by molar-refractivity contribution is 7.89. The highest BCUT2D eigenvalue weighted by Crippen LogP contribution is 2.37. The molecule has 2 heterocycles. The Hall–Kier alpha value is -3.08. The van der Waals surface area contributed by atoms with Crippen LogP contribution in [0.2, 0.25) is 0 Å². The zero-order valence-corrected chi connectivity index (χ0v) is 19.4. The van der Waals surface area contributed by atoms with Crippen LogP contribution in [0, 0.1) is 13.8 Å². The minimum absolute atomic E-state index is 0.111. The number of carbonyl (C=O) groups excluding carboxylic acids is 1. The van der Waals surface area contributed by atoms with Crippen LogP contribution < -0.4 is 0 Å². The van der Waals surface area contributed by atoms with Gasteiger partial charge in [0.2, 0.25) is 15.9 Å². The normalized spacial score (nSPS) is 15.5. The van der Waals surface area contributed by atoms with E-state index in [4.69, 9.17) is 4.74 Å². The Morgan fingerprint density at radius 2 is 1.82 bits per heavy atom. The van der Waals surface area contributed by atoms with Crippen molar-refractivity contribution < 1.29 is 23.1 Å². The number of nitrogens with zero attached hydrogens (tertiary/aromatic N) is 3. The van der Waals surface area contributed by atoms with Crippen LogP contribution in [0.1, 0.15) is 23.1 Å². The van der Waals surface area contributed by atoms with E-state index in [1.54, 1.807) is 24.3 Å². The van der Waals surface area contributed by atoms with E-state index in [-0.39, 0.29) is 22.9 Å². The van der Waals surface area contributed by atoms with E-state index in [0.717, 1.165) is 22.2 Å². The first-order valence-electron chi connectivity index (χ1n) is 10.7. The number of hydrogen-bond donors (Lipinski definition) is 2. The second kappa shape index (κ2) is 9.42. The summed E-state index contributed by atoms with van der Waals surface area (Å²) in [6.45, 7) is 5.38. The van der Waals surface area contributed by atoms with Crippen LogP contribution in [0.4, 0.5) is 5.69 Å². The summed E-state index contributed by atoms with van der Waals surface area (Å²) < 4.78 is 32.0. The first kappa shape index (κ1) is 23.1. The Kier molecular flexibility index (Phi) is 6.59. The smallest absolute Gasteiger partial charge is 0.265 e. The molecule has 1 aliphatic rings. The quantitative estimate of drug-likeness (QED) is 0.531. The summed E-state index contributed by atoms with van der Waals surface area (Å²) in [6.07, 6.45) is 0.508. The van der Waals surface area contributed by atoms with E-state index >= 15 is 0 Å². The van der Waals surface area contributed by atoms with Crippen molar-refractivity contribution in [1.82, 2.24) is 9.29 Å². The average molecular weight is 471 g/mol. The number of hydrogen-bond acceptors (Lipinski definition) is 6. The van der Waals surface area contributed by atoms with Crippen molar-refractivity contribution in [3.05, 3.63) is 53.1 Å². The number of aromatic amines is 1. The fourth-order valence-corrected chi connectivity index (χ4v) is 5.16. The van der Waals surface area contributed by atoms with E-state index in [1.807, 2.05) is 26.0 Å². The monoisotopic (exact) mass is 470 g/mol. The van der Waals surface area contributed by atoms with Gasteiger partial charge in [-0.3, -0.25) is 4.79 Å². The fourth-order valence-electron chi connectivity index (χ4n) is 3.75. The Bertz CT molecular complexity index is 1310. The van der Waals surface area contributed by atoms with E-state index in [1.165, 1.54) is 4.31 Å². The highest BCUT2D eigenvalue weighted by Gasteiger charge is 2.26. The van der Waals surface area contributed by atoms with Gasteiger partial charge in [-0.05, 0) is 49.1 Å². The predicted molar refractivity (Wildman–Crippen MR) is 123 cm³/mol. The number of aryl methyl sites for hydroxylation is 3. The van der Waals surface area contributed by atoms with Crippen LogP contribution in [-0.4, -0.2) is 55.0 Å². The summed E-state index contributed by atoms with van der Waals surface area (Å²) in [4.78, 5) is 15.4. The largest absolute Gasteiger partial charge is 0.493 e. The molecule has 10 heteroatoms. The summed E-state index contributed by atoms with van der Waals surface area (Å²) in [7, 11) is -3.55. The number of aromatic nitrogens is 1. The van der Waals surface area contributed by atoms with Gasteiger partial charge in [-0.15, -0.1) is 10.2 Å². The van der Waals surface area contributed by atoms with Crippen LogP contribution in [0.15, 0.2) is 51.5 Å². The van der Waals surface area contributed by atoms with Crippen molar-refractivity contribution >= 4 is 32.5 Å². The van der Waals surface area contributed by atoms with Gasteiger partial charge in [-0.25, -0.2) is 8.42 Å². The van der Waals surface area contributed by atoms with Gasteiger partial charge in [0.1, 0.15) is 0 Å². The molecule has 0 aliphatic carbocycles. The standard InChI is InChI=1S/C23H26N4O5S/c1-15-3-9-19-21(16(15)2)24-23(29)22(19)26-25-20(28)10-6-17-4-7-18(8-5-17)33(30,31)27-11-13-32-14-12-27/h3-5,7-9,24,29H,6,10-14H2,1-2H3. The number of azo groups is 1. The molecule has 0 unspecified atom stereocenters. The molecule has 0 saturated carbocycles. The van der Waals surface area contributed by atoms with Gasteiger partial charge < -0.3 is 14.8 Å².